The number of carboxylic acid groups (broad SMARTS) is 1. The summed E-state index contributed by atoms with van der Waals surface area (Å²) in [5.74, 6) is -1.08. The molecule has 1 amide bonds. The molecule has 23 heavy (non-hydrogen) atoms. The van der Waals surface area contributed by atoms with Gasteiger partial charge >= 0.3 is 5.97 Å². The van der Waals surface area contributed by atoms with Crippen molar-refractivity contribution in [2.24, 2.45) is 0 Å². The first-order valence-corrected chi connectivity index (χ1v) is 7.39. The van der Waals surface area contributed by atoms with Gasteiger partial charge < -0.3 is 10.4 Å². The van der Waals surface area contributed by atoms with Crippen LogP contribution in [0.5, 0.6) is 0 Å². The highest BCUT2D eigenvalue weighted by atomic mass is 16.4. The van der Waals surface area contributed by atoms with E-state index in [2.05, 4.69) is 15.6 Å². The Balaban J connectivity index is 2.11. The van der Waals surface area contributed by atoms with Crippen LogP contribution in [0.3, 0.4) is 0 Å². The Kier molecular flexibility index (Phi) is 5.10. The number of nitrogens with zero attached hydrogens (tertiary/aromatic N) is 3. The van der Waals surface area contributed by atoms with Crippen LogP contribution in [0.1, 0.15) is 36.3 Å². The van der Waals surface area contributed by atoms with Crippen LogP contribution in [-0.2, 0) is 16.0 Å². The summed E-state index contributed by atoms with van der Waals surface area (Å²) in [6.45, 7) is 5.44. The predicted molar refractivity (Wildman–Crippen MR) is 85.2 cm³/mol. The van der Waals surface area contributed by atoms with Gasteiger partial charge in [0.2, 0.25) is 5.91 Å². The van der Waals surface area contributed by atoms with Crippen molar-refractivity contribution in [3.05, 3.63) is 41.2 Å². The molecule has 122 valence electrons. The number of aromatic nitrogens is 3. The van der Waals surface area contributed by atoms with Crippen LogP contribution < -0.4 is 5.32 Å². The van der Waals surface area contributed by atoms with Gasteiger partial charge in [0, 0.05) is 12.1 Å². The summed E-state index contributed by atoms with van der Waals surface area (Å²) in [6, 6.07) is 6.99. The van der Waals surface area contributed by atoms with Crippen molar-refractivity contribution in [3.63, 3.8) is 0 Å². The fraction of sp³-hybridized carbons (Fsp3) is 0.375. The number of carbonyl (C=O) groups excluding carboxylic acids is 1. The van der Waals surface area contributed by atoms with E-state index in [1.807, 2.05) is 31.2 Å². The molecular weight excluding hydrogens is 296 g/mol. The molecule has 0 aliphatic carbocycles. The Labute approximate surface area is 134 Å². The number of aryl methyl sites for hydroxylation is 2. The number of rotatable bonds is 6. The molecule has 7 nitrogen and oxygen atoms in total. The van der Waals surface area contributed by atoms with E-state index < -0.39 is 12.0 Å². The molecule has 1 atom stereocenters. The zero-order valence-corrected chi connectivity index (χ0v) is 13.4. The monoisotopic (exact) mass is 316 g/mol. The van der Waals surface area contributed by atoms with E-state index in [4.69, 9.17) is 5.11 Å². The van der Waals surface area contributed by atoms with E-state index in [9.17, 15) is 9.59 Å². The zero-order valence-electron chi connectivity index (χ0n) is 13.4. The summed E-state index contributed by atoms with van der Waals surface area (Å²) >= 11 is 0. The first kappa shape index (κ1) is 16.7. The second-order valence-corrected chi connectivity index (χ2v) is 5.44. The smallest absolute Gasteiger partial charge is 0.303 e. The molecule has 1 heterocycles. The summed E-state index contributed by atoms with van der Waals surface area (Å²) in [6.07, 6.45) is 0.288. The van der Waals surface area contributed by atoms with Crippen molar-refractivity contribution >= 4 is 17.6 Å². The third kappa shape index (κ3) is 3.94. The number of nitrogens with one attached hydrogen (secondary N) is 1. The summed E-state index contributed by atoms with van der Waals surface area (Å²) < 4.78 is 1.52. The number of anilines is 1. The maximum Gasteiger partial charge on any atom is 0.303 e. The van der Waals surface area contributed by atoms with Gasteiger partial charge in [0.05, 0.1) is 17.8 Å². The second-order valence-electron chi connectivity index (χ2n) is 5.44. The third-order valence-electron chi connectivity index (χ3n) is 3.75. The van der Waals surface area contributed by atoms with E-state index in [1.54, 1.807) is 13.8 Å². The van der Waals surface area contributed by atoms with Crippen molar-refractivity contribution in [2.75, 3.05) is 5.32 Å². The van der Waals surface area contributed by atoms with Gasteiger partial charge in [-0.05, 0) is 32.4 Å². The Hall–Kier alpha value is -2.70. The highest BCUT2D eigenvalue weighted by molar-refractivity contribution is 5.94. The quantitative estimate of drug-likeness (QED) is 0.850. The number of hydrogen-bond donors (Lipinski definition) is 2. The molecule has 2 rings (SSSR count). The lowest BCUT2D eigenvalue weighted by Gasteiger charge is -2.15. The van der Waals surface area contributed by atoms with Gasteiger partial charge in [0.25, 0.3) is 0 Å². The van der Waals surface area contributed by atoms with Crippen LogP contribution in [-0.4, -0.2) is 32.0 Å². The molecule has 1 aromatic heterocycles. The van der Waals surface area contributed by atoms with Gasteiger partial charge in [-0.25, -0.2) is 4.68 Å². The summed E-state index contributed by atoms with van der Waals surface area (Å²) in [4.78, 5) is 23.0. The van der Waals surface area contributed by atoms with Crippen LogP contribution >= 0.6 is 0 Å². The lowest BCUT2D eigenvalue weighted by molar-refractivity contribution is -0.137. The van der Waals surface area contributed by atoms with Gasteiger partial charge in [-0.3, -0.25) is 9.59 Å². The van der Waals surface area contributed by atoms with Crippen LogP contribution in [0.25, 0.3) is 0 Å². The molecule has 1 aromatic carbocycles. The third-order valence-corrected chi connectivity index (χ3v) is 3.75. The summed E-state index contributed by atoms with van der Waals surface area (Å²) in [5, 5.41) is 19.6. The topological polar surface area (TPSA) is 97.1 Å². The number of carbonyl (C=O) groups is 2. The van der Waals surface area contributed by atoms with Gasteiger partial charge in [-0.15, -0.1) is 5.10 Å². The van der Waals surface area contributed by atoms with Gasteiger partial charge in [-0.2, -0.15) is 0 Å². The van der Waals surface area contributed by atoms with Crippen molar-refractivity contribution in [1.82, 2.24) is 15.0 Å². The van der Waals surface area contributed by atoms with Crippen LogP contribution in [0, 0.1) is 13.8 Å². The molecular formula is C16H20N4O3. The number of benzene rings is 1. The van der Waals surface area contributed by atoms with Crippen LogP contribution in [0.4, 0.5) is 5.69 Å². The minimum Gasteiger partial charge on any atom is -0.481 e. The minimum absolute atomic E-state index is 0.0106. The SMILES string of the molecule is Cc1ccccc1NC(=O)C(C)n1nnc(CCC(=O)O)c1C. The Morgan fingerprint density at radius 2 is 2.00 bits per heavy atom. The first-order chi connectivity index (χ1) is 10.9. The van der Waals surface area contributed by atoms with E-state index in [0.29, 0.717) is 17.8 Å². The largest absolute Gasteiger partial charge is 0.481 e. The molecule has 0 fully saturated rings. The molecule has 0 aliphatic rings. The molecule has 0 spiro atoms. The molecule has 0 aliphatic heterocycles. The predicted octanol–water partition coefficient (Wildman–Crippen LogP) is 2.11. The summed E-state index contributed by atoms with van der Waals surface area (Å²) in [5.41, 5.74) is 3.04. The number of amides is 1. The van der Waals surface area contributed by atoms with Crippen LogP contribution in [0.15, 0.2) is 24.3 Å². The van der Waals surface area contributed by atoms with Crippen molar-refractivity contribution in [1.29, 1.82) is 0 Å². The maximum atomic E-state index is 12.4. The number of aliphatic carboxylic acids is 1. The number of hydrogen-bond acceptors (Lipinski definition) is 4. The molecule has 2 N–H and O–H groups in total. The standard InChI is InChI=1S/C16H20N4O3/c1-10-6-4-5-7-13(10)17-16(23)12(3)20-11(2)14(18-19-20)8-9-15(21)22/h4-7,12H,8-9H2,1-3H3,(H,17,23)(H,21,22). The number of para-hydroxylation sites is 1. The normalized spacial score (nSPS) is 12.0. The van der Waals surface area contributed by atoms with E-state index >= 15 is 0 Å². The van der Waals surface area contributed by atoms with E-state index in [-0.39, 0.29) is 12.3 Å². The Morgan fingerprint density at radius 1 is 1.30 bits per heavy atom. The maximum absolute atomic E-state index is 12.4. The molecule has 1 unspecified atom stereocenters. The van der Waals surface area contributed by atoms with Crippen molar-refractivity contribution in [3.8, 4) is 0 Å². The summed E-state index contributed by atoms with van der Waals surface area (Å²) in [7, 11) is 0. The molecule has 0 saturated carbocycles. The Bertz CT molecular complexity index is 724. The average Bonchev–Trinajstić information content (AvgIpc) is 2.87. The van der Waals surface area contributed by atoms with E-state index in [1.165, 1.54) is 4.68 Å². The first-order valence-electron chi connectivity index (χ1n) is 7.39. The molecule has 0 radical (unpaired) electrons. The Morgan fingerprint density at radius 3 is 2.65 bits per heavy atom. The molecule has 7 heteroatoms. The zero-order chi connectivity index (χ0) is 17.0. The van der Waals surface area contributed by atoms with E-state index in [0.717, 1.165) is 11.3 Å². The second kappa shape index (κ2) is 7.04. The minimum atomic E-state index is -0.885. The molecule has 0 bridgehead atoms. The fourth-order valence-electron chi connectivity index (χ4n) is 2.26. The number of carboxylic acids is 1. The lowest BCUT2D eigenvalue weighted by Crippen LogP contribution is -2.25. The highest BCUT2D eigenvalue weighted by Crippen LogP contribution is 2.17. The molecule has 0 saturated heterocycles. The molecule has 2 aromatic rings. The fourth-order valence-corrected chi connectivity index (χ4v) is 2.26. The van der Waals surface area contributed by atoms with Gasteiger partial charge in [-0.1, -0.05) is 23.4 Å². The van der Waals surface area contributed by atoms with Gasteiger partial charge in [0.15, 0.2) is 0 Å². The van der Waals surface area contributed by atoms with Gasteiger partial charge in [0.1, 0.15) is 6.04 Å². The highest BCUT2D eigenvalue weighted by Gasteiger charge is 2.21. The van der Waals surface area contributed by atoms with Crippen molar-refractivity contribution < 1.29 is 14.7 Å². The van der Waals surface area contributed by atoms with Crippen molar-refractivity contribution in [2.45, 2.75) is 39.7 Å². The average molecular weight is 316 g/mol. The lowest BCUT2D eigenvalue weighted by atomic mass is 10.2. The van der Waals surface area contributed by atoms with Crippen LogP contribution in [0.2, 0.25) is 0 Å².